The molecule has 0 saturated heterocycles. The molecule has 2 aromatic rings. The van der Waals surface area contributed by atoms with Gasteiger partial charge in [0.1, 0.15) is 0 Å². The van der Waals surface area contributed by atoms with Gasteiger partial charge in [-0.05, 0) is 22.0 Å². The van der Waals surface area contributed by atoms with E-state index in [4.69, 9.17) is 0 Å². The van der Waals surface area contributed by atoms with E-state index in [0.717, 1.165) is 26.5 Å². The minimum Gasteiger partial charge on any atom is -0.250 e. The van der Waals surface area contributed by atoms with Crippen LogP contribution < -0.4 is 0 Å². The molecule has 0 atom stereocenters. The molecular weight excluding hydrogens is 298 g/mol. The molecule has 0 amide bonds. The van der Waals surface area contributed by atoms with E-state index in [0.29, 0.717) is 0 Å². The van der Waals surface area contributed by atoms with Crippen LogP contribution in [0.4, 0.5) is 0 Å². The maximum absolute atomic E-state index is 4.34. The first-order valence-electron chi connectivity index (χ1n) is 3.75. The summed E-state index contributed by atoms with van der Waals surface area (Å²) in [6, 6.07) is 2.03. The van der Waals surface area contributed by atoms with Crippen molar-refractivity contribution in [1.29, 1.82) is 0 Å². The summed E-state index contributed by atoms with van der Waals surface area (Å²) in [4.78, 5) is 4.28. The standard InChI is InChI=1S/C8H7Br2N3/c1-13-8-6(7(3-9)12-13)2-5(10)4-11-8/h2,4H,3H2,1H3. The highest BCUT2D eigenvalue weighted by atomic mass is 79.9. The molecule has 0 spiro atoms. The van der Waals surface area contributed by atoms with Gasteiger partial charge in [-0.3, -0.25) is 4.68 Å². The number of alkyl halides is 1. The molecule has 0 aliphatic heterocycles. The number of halogens is 2. The molecule has 2 heterocycles. The van der Waals surface area contributed by atoms with Gasteiger partial charge < -0.3 is 0 Å². The zero-order chi connectivity index (χ0) is 9.42. The van der Waals surface area contributed by atoms with Crippen LogP contribution in [-0.2, 0) is 12.4 Å². The zero-order valence-corrected chi connectivity index (χ0v) is 10.1. The maximum Gasteiger partial charge on any atom is 0.157 e. The number of pyridine rings is 1. The first-order chi connectivity index (χ1) is 6.22. The lowest BCUT2D eigenvalue weighted by Crippen LogP contribution is -1.91. The predicted octanol–water partition coefficient (Wildman–Crippen LogP) is 2.63. The van der Waals surface area contributed by atoms with E-state index in [1.165, 1.54) is 0 Å². The lowest BCUT2D eigenvalue weighted by molar-refractivity contribution is 0.772. The second kappa shape index (κ2) is 3.38. The number of aryl methyl sites for hydroxylation is 1. The molecule has 68 valence electrons. The lowest BCUT2D eigenvalue weighted by Gasteiger charge is -1.92. The number of hydrogen-bond acceptors (Lipinski definition) is 2. The predicted molar refractivity (Wildman–Crippen MR) is 58.8 cm³/mol. The summed E-state index contributed by atoms with van der Waals surface area (Å²) in [5.41, 5.74) is 1.93. The van der Waals surface area contributed by atoms with Gasteiger partial charge in [-0.15, -0.1) is 0 Å². The van der Waals surface area contributed by atoms with Crippen LogP contribution in [0.1, 0.15) is 5.69 Å². The smallest absolute Gasteiger partial charge is 0.157 e. The van der Waals surface area contributed by atoms with Crippen molar-refractivity contribution in [3.05, 3.63) is 22.4 Å². The number of hydrogen-bond donors (Lipinski definition) is 0. The fourth-order valence-corrected chi connectivity index (χ4v) is 2.03. The number of aromatic nitrogens is 3. The monoisotopic (exact) mass is 303 g/mol. The molecule has 13 heavy (non-hydrogen) atoms. The molecule has 3 nitrogen and oxygen atoms in total. The molecule has 0 aromatic carbocycles. The third-order valence-corrected chi connectivity index (χ3v) is 2.81. The van der Waals surface area contributed by atoms with Crippen LogP contribution in [-0.4, -0.2) is 14.8 Å². The van der Waals surface area contributed by atoms with Gasteiger partial charge in [0.15, 0.2) is 5.65 Å². The van der Waals surface area contributed by atoms with E-state index in [9.17, 15) is 0 Å². The molecule has 0 aliphatic carbocycles. The summed E-state index contributed by atoms with van der Waals surface area (Å²) in [6.45, 7) is 0. The van der Waals surface area contributed by atoms with Crippen LogP contribution in [0, 0.1) is 0 Å². The lowest BCUT2D eigenvalue weighted by atomic mass is 10.3. The van der Waals surface area contributed by atoms with Crippen molar-refractivity contribution in [3.63, 3.8) is 0 Å². The van der Waals surface area contributed by atoms with Gasteiger partial charge in [0.2, 0.25) is 0 Å². The van der Waals surface area contributed by atoms with Crippen molar-refractivity contribution >= 4 is 42.9 Å². The molecule has 0 unspecified atom stereocenters. The van der Waals surface area contributed by atoms with Gasteiger partial charge in [0, 0.05) is 28.4 Å². The van der Waals surface area contributed by atoms with Gasteiger partial charge in [0.25, 0.3) is 0 Å². The molecular formula is C8H7Br2N3. The van der Waals surface area contributed by atoms with Crippen LogP contribution >= 0.6 is 31.9 Å². The number of fused-ring (bicyclic) bond motifs is 1. The topological polar surface area (TPSA) is 30.7 Å². The van der Waals surface area contributed by atoms with Crippen molar-refractivity contribution in [1.82, 2.24) is 14.8 Å². The van der Waals surface area contributed by atoms with E-state index in [-0.39, 0.29) is 0 Å². The average Bonchev–Trinajstić information content (AvgIpc) is 2.42. The fourth-order valence-electron chi connectivity index (χ4n) is 1.28. The zero-order valence-electron chi connectivity index (χ0n) is 6.96. The molecule has 2 rings (SSSR count). The SMILES string of the molecule is Cn1nc(CBr)c2cc(Br)cnc21. The Hall–Kier alpha value is -0.420. The van der Waals surface area contributed by atoms with Gasteiger partial charge >= 0.3 is 0 Å². The summed E-state index contributed by atoms with van der Waals surface area (Å²) in [7, 11) is 1.90. The molecule has 0 N–H and O–H groups in total. The summed E-state index contributed by atoms with van der Waals surface area (Å²) >= 11 is 6.79. The van der Waals surface area contributed by atoms with E-state index >= 15 is 0 Å². The van der Waals surface area contributed by atoms with Gasteiger partial charge in [-0.1, -0.05) is 15.9 Å². The van der Waals surface area contributed by atoms with E-state index in [2.05, 4.69) is 41.9 Å². The minimum atomic E-state index is 0.752. The van der Waals surface area contributed by atoms with Gasteiger partial charge in [-0.2, -0.15) is 5.10 Å². The Morgan fingerprint density at radius 2 is 2.31 bits per heavy atom. The van der Waals surface area contributed by atoms with E-state index in [1.807, 2.05) is 13.1 Å². The molecule has 5 heteroatoms. The maximum atomic E-state index is 4.34. The molecule has 0 saturated carbocycles. The second-order valence-corrected chi connectivity index (χ2v) is 4.21. The van der Waals surface area contributed by atoms with Crippen molar-refractivity contribution in [2.75, 3.05) is 0 Å². The Kier molecular flexibility index (Phi) is 2.38. The summed E-state index contributed by atoms with van der Waals surface area (Å²) in [6.07, 6.45) is 1.78. The largest absolute Gasteiger partial charge is 0.250 e. The third-order valence-electron chi connectivity index (χ3n) is 1.85. The van der Waals surface area contributed by atoms with Gasteiger partial charge in [0.05, 0.1) is 5.69 Å². The number of rotatable bonds is 1. The Morgan fingerprint density at radius 3 is 3.00 bits per heavy atom. The Morgan fingerprint density at radius 1 is 1.54 bits per heavy atom. The summed E-state index contributed by atoms with van der Waals surface area (Å²) in [5, 5.41) is 6.18. The van der Waals surface area contributed by atoms with Crippen LogP contribution in [0.15, 0.2) is 16.7 Å². The highest BCUT2D eigenvalue weighted by Crippen LogP contribution is 2.21. The molecule has 0 fully saturated rings. The highest BCUT2D eigenvalue weighted by molar-refractivity contribution is 9.10. The van der Waals surface area contributed by atoms with Crippen molar-refractivity contribution < 1.29 is 0 Å². The number of nitrogens with zero attached hydrogens (tertiary/aromatic N) is 3. The quantitative estimate of drug-likeness (QED) is 0.758. The molecule has 0 bridgehead atoms. The molecule has 0 aliphatic rings. The first kappa shape index (κ1) is 9.15. The molecule has 0 radical (unpaired) electrons. The second-order valence-electron chi connectivity index (χ2n) is 2.73. The van der Waals surface area contributed by atoms with Gasteiger partial charge in [-0.25, -0.2) is 4.98 Å². The minimum absolute atomic E-state index is 0.752. The van der Waals surface area contributed by atoms with Crippen LogP contribution in [0.5, 0.6) is 0 Å². The van der Waals surface area contributed by atoms with Crippen LogP contribution in [0.2, 0.25) is 0 Å². The van der Waals surface area contributed by atoms with E-state index in [1.54, 1.807) is 10.9 Å². The Balaban J connectivity index is 2.81. The van der Waals surface area contributed by atoms with Crippen molar-refractivity contribution in [3.8, 4) is 0 Å². The summed E-state index contributed by atoms with van der Waals surface area (Å²) < 4.78 is 2.77. The van der Waals surface area contributed by atoms with Crippen LogP contribution in [0.3, 0.4) is 0 Å². The van der Waals surface area contributed by atoms with Crippen molar-refractivity contribution in [2.45, 2.75) is 5.33 Å². The average molecular weight is 305 g/mol. The Bertz CT molecular complexity index is 450. The molecule has 2 aromatic heterocycles. The third kappa shape index (κ3) is 1.50. The fraction of sp³-hybridized carbons (Fsp3) is 0.250. The van der Waals surface area contributed by atoms with E-state index < -0.39 is 0 Å². The van der Waals surface area contributed by atoms with Crippen molar-refractivity contribution in [2.24, 2.45) is 7.05 Å². The summed E-state index contributed by atoms with van der Waals surface area (Å²) in [5.74, 6) is 0. The highest BCUT2D eigenvalue weighted by Gasteiger charge is 2.08. The Labute approximate surface area is 92.4 Å². The first-order valence-corrected chi connectivity index (χ1v) is 5.67. The van der Waals surface area contributed by atoms with Crippen LogP contribution in [0.25, 0.3) is 11.0 Å². The normalized spacial score (nSPS) is 11.0.